The van der Waals surface area contributed by atoms with E-state index in [4.69, 9.17) is 10.3 Å². The van der Waals surface area contributed by atoms with Crippen LogP contribution in [-0.2, 0) is 0 Å². The van der Waals surface area contributed by atoms with Crippen molar-refractivity contribution in [2.45, 2.75) is 6.92 Å². The van der Waals surface area contributed by atoms with Crippen molar-refractivity contribution in [2.75, 3.05) is 11.1 Å². The molecule has 0 unspecified atom stereocenters. The molecule has 0 amide bonds. The van der Waals surface area contributed by atoms with E-state index in [1.807, 2.05) is 24.3 Å². The molecular weight excluding hydrogens is 296 g/mol. The lowest BCUT2D eigenvalue weighted by atomic mass is 10.3. The number of para-hydroxylation sites is 1. The molecule has 0 spiro atoms. The van der Waals surface area contributed by atoms with Crippen LogP contribution in [0.25, 0.3) is 16.9 Å². The van der Waals surface area contributed by atoms with E-state index in [0.29, 0.717) is 28.9 Å². The van der Waals surface area contributed by atoms with E-state index in [2.05, 4.69) is 30.8 Å². The molecule has 0 fully saturated rings. The number of nitrogens with two attached hydrogens (primary N) is 1. The van der Waals surface area contributed by atoms with Gasteiger partial charge in [-0.25, -0.2) is 9.97 Å². The van der Waals surface area contributed by atoms with Crippen LogP contribution in [0, 0.1) is 6.92 Å². The number of nitrogens with one attached hydrogen (secondary N) is 1. The van der Waals surface area contributed by atoms with Gasteiger partial charge in [-0.3, -0.25) is 0 Å². The van der Waals surface area contributed by atoms with Gasteiger partial charge in [0, 0.05) is 6.07 Å². The van der Waals surface area contributed by atoms with Gasteiger partial charge in [0.15, 0.2) is 17.5 Å². The highest BCUT2D eigenvalue weighted by atomic mass is 16.5. The fourth-order valence-corrected chi connectivity index (χ4v) is 2.23. The summed E-state index contributed by atoms with van der Waals surface area (Å²) in [6, 6.07) is 9.30. The summed E-state index contributed by atoms with van der Waals surface area (Å²) < 4.78 is 6.59. The topological polar surface area (TPSA) is 121 Å². The van der Waals surface area contributed by atoms with Crippen LogP contribution in [0.1, 0.15) is 5.76 Å². The third kappa shape index (κ3) is 2.24. The lowest BCUT2D eigenvalue weighted by Gasteiger charge is -2.09. The Kier molecular flexibility index (Phi) is 2.90. The number of aromatic nitrogens is 6. The number of aryl methyl sites for hydroxylation is 1. The van der Waals surface area contributed by atoms with E-state index in [1.54, 1.807) is 17.7 Å². The number of fused-ring (bicyclic) bond motifs is 1. The largest absolute Gasteiger partial charge is 0.393 e. The lowest BCUT2D eigenvalue weighted by molar-refractivity contribution is 0.400. The van der Waals surface area contributed by atoms with E-state index in [9.17, 15) is 0 Å². The summed E-state index contributed by atoms with van der Waals surface area (Å²) in [5, 5.41) is 15.1. The molecule has 0 atom stereocenters. The molecule has 0 saturated heterocycles. The molecule has 3 N–H and O–H groups in total. The molecule has 23 heavy (non-hydrogen) atoms. The van der Waals surface area contributed by atoms with Crippen molar-refractivity contribution >= 4 is 28.4 Å². The minimum absolute atomic E-state index is 0.337. The molecule has 114 valence electrons. The van der Waals surface area contributed by atoms with Gasteiger partial charge in [-0.05, 0) is 19.1 Å². The second-order valence-electron chi connectivity index (χ2n) is 4.90. The van der Waals surface area contributed by atoms with Gasteiger partial charge in [-0.15, -0.1) is 5.10 Å². The third-order valence-corrected chi connectivity index (χ3v) is 3.29. The first-order valence-electron chi connectivity index (χ1n) is 6.84. The molecule has 0 radical (unpaired) electrons. The Morgan fingerprint density at radius 3 is 2.91 bits per heavy atom. The van der Waals surface area contributed by atoms with Gasteiger partial charge in [-0.2, -0.15) is 4.68 Å². The molecule has 0 bridgehead atoms. The maximum absolute atomic E-state index is 6.19. The van der Waals surface area contributed by atoms with Crippen LogP contribution >= 0.6 is 0 Å². The van der Waals surface area contributed by atoms with Crippen molar-refractivity contribution in [1.29, 1.82) is 0 Å². The highest BCUT2D eigenvalue weighted by Gasteiger charge is 2.15. The quantitative estimate of drug-likeness (QED) is 0.588. The van der Waals surface area contributed by atoms with Crippen LogP contribution in [0.2, 0.25) is 0 Å². The number of anilines is 3. The fourth-order valence-electron chi connectivity index (χ4n) is 2.23. The highest BCUT2D eigenvalue weighted by molar-refractivity contribution is 5.79. The van der Waals surface area contributed by atoms with Crippen molar-refractivity contribution in [2.24, 2.45) is 0 Å². The smallest absolute Gasteiger partial charge is 0.184 e. The van der Waals surface area contributed by atoms with E-state index < -0.39 is 0 Å². The van der Waals surface area contributed by atoms with Gasteiger partial charge >= 0.3 is 0 Å². The number of rotatable bonds is 3. The normalized spacial score (nSPS) is 11.0. The molecule has 4 aromatic rings. The van der Waals surface area contributed by atoms with Crippen molar-refractivity contribution < 1.29 is 4.52 Å². The molecule has 0 aliphatic heterocycles. The van der Waals surface area contributed by atoms with Gasteiger partial charge in [0.1, 0.15) is 23.3 Å². The third-order valence-electron chi connectivity index (χ3n) is 3.29. The molecule has 3 heterocycles. The summed E-state index contributed by atoms with van der Waals surface area (Å²) in [7, 11) is 0. The van der Waals surface area contributed by atoms with E-state index >= 15 is 0 Å². The van der Waals surface area contributed by atoms with E-state index in [0.717, 1.165) is 11.0 Å². The summed E-state index contributed by atoms with van der Waals surface area (Å²) in [6.45, 7) is 1.80. The van der Waals surface area contributed by atoms with E-state index in [1.165, 1.54) is 6.33 Å². The minimum atomic E-state index is 0.337. The van der Waals surface area contributed by atoms with Crippen LogP contribution in [-0.4, -0.2) is 30.1 Å². The Balaban J connectivity index is 1.79. The molecule has 1 aromatic carbocycles. The van der Waals surface area contributed by atoms with Crippen molar-refractivity contribution in [3.63, 3.8) is 0 Å². The van der Waals surface area contributed by atoms with Gasteiger partial charge in [0.25, 0.3) is 0 Å². The van der Waals surface area contributed by atoms with Gasteiger partial charge in [-0.1, -0.05) is 22.5 Å². The Hall–Kier alpha value is -3.49. The van der Waals surface area contributed by atoms with Gasteiger partial charge < -0.3 is 15.6 Å². The predicted octanol–water partition coefficient (Wildman–Crippen LogP) is 1.83. The Morgan fingerprint density at radius 1 is 1.22 bits per heavy atom. The monoisotopic (exact) mass is 308 g/mol. The molecule has 9 nitrogen and oxygen atoms in total. The lowest BCUT2D eigenvalue weighted by Crippen LogP contribution is -2.08. The Labute approximate surface area is 130 Å². The van der Waals surface area contributed by atoms with Crippen LogP contribution in [0.4, 0.5) is 17.3 Å². The van der Waals surface area contributed by atoms with Crippen LogP contribution < -0.4 is 11.1 Å². The summed E-state index contributed by atoms with van der Waals surface area (Å²) >= 11 is 0. The first kappa shape index (κ1) is 13.2. The Bertz CT molecular complexity index is 989. The number of hydrogen-bond acceptors (Lipinski definition) is 8. The molecule has 0 saturated carbocycles. The summed E-state index contributed by atoms with van der Waals surface area (Å²) in [6.07, 6.45) is 1.40. The molecule has 0 aliphatic rings. The first-order chi connectivity index (χ1) is 11.2. The molecule has 9 heteroatoms. The summed E-state index contributed by atoms with van der Waals surface area (Å²) in [4.78, 5) is 8.36. The van der Waals surface area contributed by atoms with E-state index in [-0.39, 0.29) is 0 Å². The zero-order valence-electron chi connectivity index (χ0n) is 12.1. The summed E-state index contributed by atoms with van der Waals surface area (Å²) in [5.41, 5.74) is 8.09. The van der Waals surface area contributed by atoms with Crippen LogP contribution in [0.5, 0.6) is 0 Å². The average Bonchev–Trinajstić information content (AvgIpc) is 3.16. The van der Waals surface area contributed by atoms with Crippen molar-refractivity contribution in [3.05, 3.63) is 42.4 Å². The zero-order valence-corrected chi connectivity index (χ0v) is 12.1. The van der Waals surface area contributed by atoms with Crippen LogP contribution in [0.15, 0.2) is 41.2 Å². The highest BCUT2D eigenvalue weighted by Crippen LogP contribution is 2.26. The number of hydrogen-bond donors (Lipinski definition) is 2. The van der Waals surface area contributed by atoms with Crippen molar-refractivity contribution in [3.8, 4) is 5.82 Å². The first-order valence-corrected chi connectivity index (χ1v) is 6.84. The van der Waals surface area contributed by atoms with Crippen molar-refractivity contribution in [1.82, 2.24) is 30.1 Å². The molecule has 3 aromatic heterocycles. The number of nitrogen functional groups attached to an aromatic ring is 1. The molecular formula is C14H12N8O. The maximum Gasteiger partial charge on any atom is 0.184 e. The SMILES string of the molecule is Cc1cc(Nc2ncnc(-n3nnc4ccccc43)c2N)no1. The molecule has 0 aliphatic carbocycles. The average molecular weight is 308 g/mol. The maximum atomic E-state index is 6.19. The van der Waals surface area contributed by atoms with Crippen LogP contribution in [0.3, 0.4) is 0 Å². The predicted molar refractivity (Wildman–Crippen MR) is 83.4 cm³/mol. The molecule has 4 rings (SSSR count). The Morgan fingerprint density at radius 2 is 2.09 bits per heavy atom. The second-order valence-corrected chi connectivity index (χ2v) is 4.90. The van der Waals surface area contributed by atoms with Gasteiger partial charge in [0.05, 0.1) is 5.52 Å². The summed E-state index contributed by atoms with van der Waals surface area (Å²) in [5.74, 6) is 2.06. The minimum Gasteiger partial charge on any atom is -0.393 e. The second kappa shape index (κ2) is 5.05. The number of nitrogens with zero attached hydrogens (tertiary/aromatic N) is 6. The number of benzene rings is 1. The standard InChI is InChI=1S/C14H12N8O/c1-8-6-11(20-23-8)18-13-12(15)14(17-7-16-13)22-10-5-3-2-4-9(10)19-21-22/h2-7H,15H2,1H3,(H,16,17,18,20). The van der Waals surface area contributed by atoms with Gasteiger partial charge in [0.2, 0.25) is 0 Å². The zero-order chi connectivity index (χ0) is 15.8. The fraction of sp³-hybridized carbons (Fsp3) is 0.0714.